The Morgan fingerprint density at radius 2 is 2.05 bits per heavy atom. The summed E-state index contributed by atoms with van der Waals surface area (Å²) < 4.78 is 3.96. The van der Waals surface area contributed by atoms with Crippen molar-refractivity contribution in [2.24, 2.45) is 0 Å². The highest BCUT2D eigenvalue weighted by atomic mass is 32.1. The summed E-state index contributed by atoms with van der Waals surface area (Å²) in [6.07, 6.45) is 0. The number of anilines is 2. The predicted molar refractivity (Wildman–Crippen MR) is 73.7 cm³/mol. The van der Waals surface area contributed by atoms with Crippen molar-refractivity contribution in [2.75, 3.05) is 10.6 Å². The highest BCUT2D eigenvalue weighted by Crippen LogP contribution is 2.13. The number of hydrogen-bond acceptors (Lipinski definition) is 5. The van der Waals surface area contributed by atoms with E-state index in [9.17, 15) is 9.59 Å². The van der Waals surface area contributed by atoms with Crippen molar-refractivity contribution in [2.45, 2.75) is 13.8 Å². The molecule has 98 valence electrons. The molecule has 2 amide bonds. The summed E-state index contributed by atoms with van der Waals surface area (Å²) in [7, 11) is 0. The van der Waals surface area contributed by atoms with Gasteiger partial charge in [0.15, 0.2) is 5.78 Å². The van der Waals surface area contributed by atoms with Crippen LogP contribution in [0.5, 0.6) is 0 Å². The summed E-state index contributed by atoms with van der Waals surface area (Å²) in [4.78, 5) is 27.0. The topological polar surface area (TPSA) is 84.0 Å². The summed E-state index contributed by atoms with van der Waals surface area (Å²) >= 11 is 1.11. The molecule has 0 fully saturated rings. The van der Waals surface area contributed by atoms with Gasteiger partial charge in [0, 0.05) is 22.8 Å². The molecule has 2 N–H and O–H groups in total. The minimum Gasteiger partial charge on any atom is -0.308 e. The van der Waals surface area contributed by atoms with E-state index in [-0.39, 0.29) is 5.78 Å². The number of aromatic nitrogens is 2. The van der Waals surface area contributed by atoms with Crippen molar-refractivity contribution >= 4 is 34.2 Å². The molecule has 2 rings (SSSR count). The highest BCUT2D eigenvalue weighted by Gasteiger charge is 2.07. The number of urea groups is 1. The summed E-state index contributed by atoms with van der Waals surface area (Å²) in [6, 6.07) is 6.31. The molecule has 0 radical (unpaired) electrons. The fourth-order valence-corrected chi connectivity index (χ4v) is 1.99. The number of nitrogens with one attached hydrogen (secondary N) is 2. The van der Waals surface area contributed by atoms with Gasteiger partial charge in [0.2, 0.25) is 5.13 Å². The Morgan fingerprint density at radius 3 is 2.68 bits per heavy atom. The van der Waals surface area contributed by atoms with E-state index in [1.165, 1.54) is 6.92 Å². The van der Waals surface area contributed by atoms with Gasteiger partial charge in [-0.3, -0.25) is 10.1 Å². The number of aryl methyl sites for hydroxylation is 1. The first kappa shape index (κ1) is 13.2. The van der Waals surface area contributed by atoms with Gasteiger partial charge < -0.3 is 5.32 Å². The van der Waals surface area contributed by atoms with E-state index >= 15 is 0 Å². The minimum atomic E-state index is -0.420. The Bertz CT molecular complexity index is 624. The van der Waals surface area contributed by atoms with Crippen LogP contribution in [0.25, 0.3) is 0 Å². The molecule has 6 nitrogen and oxygen atoms in total. The fraction of sp³-hybridized carbons (Fsp3) is 0.167. The number of Topliss-reactive ketones (excluding diaryl/α,β-unsaturated/α-hetero) is 1. The lowest BCUT2D eigenvalue weighted by molar-refractivity contribution is 0.101. The van der Waals surface area contributed by atoms with Gasteiger partial charge in [-0.1, -0.05) is 12.1 Å². The Labute approximate surface area is 114 Å². The molecule has 0 atom stereocenters. The van der Waals surface area contributed by atoms with Crippen molar-refractivity contribution in [1.82, 2.24) is 9.36 Å². The first-order valence-corrected chi connectivity index (χ1v) is 6.31. The van der Waals surface area contributed by atoms with E-state index in [1.807, 2.05) is 0 Å². The van der Waals surface area contributed by atoms with Crippen molar-refractivity contribution in [1.29, 1.82) is 0 Å². The molecule has 0 spiro atoms. The van der Waals surface area contributed by atoms with Crippen molar-refractivity contribution in [3.05, 3.63) is 35.7 Å². The van der Waals surface area contributed by atoms with Crippen molar-refractivity contribution in [3.63, 3.8) is 0 Å². The third-order valence-corrected chi connectivity index (χ3v) is 3.00. The standard InChI is InChI=1S/C12H12N4O2S/c1-7(17)9-4-3-5-10(6-9)14-11(18)15-12-13-8(2)16-19-12/h3-6H,1-2H3,(H2,13,14,15,16,18). The van der Waals surface area contributed by atoms with Crippen LogP contribution in [0.4, 0.5) is 15.6 Å². The summed E-state index contributed by atoms with van der Waals surface area (Å²) in [5.74, 6) is 0.558. The summed E-state index contributed by atoms with van der Waals surface area (Å²) in [6.45, 7) is 3.22. The van der Waals surface area contributed by atoms with Crippen LogP contribution in [-0.2, 0) is 0 Å². The molecule has 19 heavy (non-hydrogen) atoms. The van der Waals surface area contributed by atoms with Gasteiger partial charge in [0.1, 0.15) is 5.82 Å². The second kappa shape index (κ2) is 5.57. The van der Waals surface area contributed by atoms with Gasteiger partial charge in [-0.2, -0.15) is 4.37 Å². The molecule has 1 aromatic heterocycles. The molecule has 0 unspecified atom stereocenters. The molecule has 1 heterocycles. The lowest BCUT2D eigenvalue weighted by Gasteiger charge is -2.06. The van der Waals surface area contributed by atoms with E-state index in [4.69, 9.17) is 0 Å². The number of carbonyl (C=O) groups is 2. The maximum Gasteiger partial charge on any atom is 0.325 e. The second-order valence-corrected chi connectivity index (χ2v) is 4.61. The van der Waals surface area contributed by atoms with Crippen LogP contribution in [0.3, 0.4) is 0 Å². The molecular formula is C12H12N4O2S. The zero-order valence-electron chi connectivity index (χ0n) is 10.4. The second-order valence-electron chi connectivity index (χ2n) is 3.86. The zero-order chi connectivity index (χ0) is 13.8. The van der Waals surface area contributed by atoms with E-state index in [0.717, 1.165) is 11.5 Å². The van der Waals surface area contributed by atoms with Gasteiger partial charge in [-0.25, -0.2) is 9.78 Å². The molecule has 0 aliphatic heterocycles. The number of carbonyl (C=O) groups excluding carboxylic acids is 2. The first-order valence-electron chi connectivity index (χ1n) is 5.54. The van der Waals surface area contributed by atoms with Crippen molar-refractivity contribution < 1.29 is 9.59 Å². The molecule has 0 saturated heterocycles. The molecule has 1 aromatic carbocycles. The quantitative estimate of drug-likeness (QED) is 0.844. The lowest BCUT2D eigenvalue weighted by Crippen LogP contribution is -2.19. The zero-order valence-corrected chi connectivity index (χ0v) is 11.2. The molecule has 0 aliphatic rings. The number of rotatable bonds is 3. The van der Waals surface area contributed by atoms with Gasteiger partial charge in [0.25, 0.3) is 0 Å². The van der Waals surface area contributed by atoms with Crippen LogP contribution in [-0.4, -0.2) is 21.2 Å². The number of nitrogens with zero attached hydrogens (tertiary/aromatic N) is 2. The van der Waals surface area contributed by atoms with Crippen LogP contribution in [0.2, 0.25) is 0 Å². The predicted octanol–water partition coefficient (Wildman–Crippen LogP) is 2.69. The van der Waals surface area contributed by atoms with Gasteiger partial charge in [-0.05, 0) is 26.0 Å². The van der Waals surface area contributed by atoms with Gasteiger partial charge in [-0.15, -0.1) is 0 Å². The third-order valence-electron chi connectivity index (χ3n) is 2.28. The fourth-order valence-electron chi connectivity index (χ4n) is 1.42. The highest BCUT2D eigenvalue weighted by molar-refractivity contribution is 7.09. The SMILES string of the molecule is CC(=O)c1cccc(NC(=O)Nc2nc(C)ns2)c1. The number of benzene rings is 1. The molecule has 0 saturated carbocycles. The Hall–Kier alpha value is -2.28. The maximum absolute atomic E-state index is 11.7. The van der Waals surface area contributed by atoms with E-state index in [0.29, 0.717) is 22.2 Å². The Kier molecular flexibility index (Phi) is 3.86. The number of ketones is 1. The van der Waals surface area contributed by atoms with Crippen LogP contribution in [0.15, 0.2) is 24.3 Å². The first-order chi connectivity index (χ1) is 9.04. The average Bonchev–Trinajstić information content (AvgIpc) is 2.74. The smallest absolute Gasteiger partial charge is 0.308 e. The molecular weight excluding hydrogens is 264 g/mol. The molecule has 0 bridgehead atoms. The van der Waals surface area contributed by atoms with Crippen LogP contribution < -0.4 is 10.6 Å². The Balaban J connectivity index is 2.02. The van der Waals surface area contributed by atoms with E-state index in [1.54, 1.807) is 31.2 Å². The lowest BCUT2D eigenvalue weighted by atomic mass is 10.1. The van der Waals surface area contributed by atoms with Gasteiger partial charge in [0.05, 0.1) is 0 Å². The van der Waals surface area contributed by atoms with E-state index in [2.05, 4.69) is 20.0 Å². The van der Waals surface area contributed by atoms with Crippen LogP contribution in [0.1, 0.15) is 23.1 Å². The summed E-state index contributed by atoms with van der Waals surface area (Å²) in [5, 5.41) is 5.63. The molecule has 0 aliphatic carbocycles. The normalized spacial score (nSPS) is 10.0. The molecule has 7 heteroatoms. The Morgan fingerprint density at radius 1 is 1.26 bits per heavy atom. The minimum absolute atomic E-state index is 0.0520. The number of hydrogen-bond donors (Lipinski definition) is 2. The number of amides is 2. The van der Waals surface area contributed by atoms with Gasteiger partial charge >= 0.3 is 6.03 Å². The van der Waals surface area contributed by atoms with E-state index < -0.39 is 6.03 Å². The largest absolute Gasteiger partial charge is 0.325 e. The van der Waals surface area contributed by atoms with Crippen molar-refractivity contribution in [3.8, 4) is 0 Å². The third kappa shape index (κ3) is 3.59. The molecule has 2 aromatic rings. The van der Waals surface area contributed by atoms with Crippen LogP contribution >= 0.6 is 11.5 Å². The average molecular weight is 276 g/mol. The monoisotopic (exact) mass is 276 g/mol. The summed E-state index contributed by atoms with van der Waals surface area (Å²) in [5.41, 5.74) is 1.09. The maximum atomic E-state index is 11.7. The van der Waals surface area contributed by atoms with Crippen LogP contribution in [0, 0.1) is 6.92 Å².